The molecule has 2 rings (SSSR count). The molecule has 0 saturated heterocycles. The number of likely N-dealkylation sites (N-methyl/N-ethyl adjacent to an activating group) is 1. The van der Waals surface area contributed by atoms with Crippen LogP contribution in [-0.4, -0.2) is 48.1 Å². The van der Waals surface area contributed by atoms with Crippen LogP contribution in [0.3, 0.4) is 0 Å². The Morgan fingerprint density at radius 1 is 1.48 bits per heavy atom. The van der Waals surface area contributed by atoms with Crippen LogP contribution in [0.2, 0.25) is 0 Å². The van der Waals surface area contributed by atoms with Gasteiger partial charge in [-0.1, -0.05) is 12.8 Å². The average Bonchev–Trinajstić information content (AvgIpc) is 2.94. The number of carbonyl (C=O) groups is 1. The number of nitrogens with zero attached hydrogens (tertiary/aromatic N) is 2. The lowest BCUT2D eigenvalue weighted by atomic mass is 10.0. The standard InChI is InChI=1S/C13H21N3O4S/c1-15-8-10(21(14,19)20)7-11(15)12(17)16(2)9-13(18)5-3-4-6-13/h7-8,18H,3-6,9H2,1-2H3,(H2,14,19,20). The minimum Gasteiger partial charge on any atom is -0.388 e. The van der Waals surface area contributed by atoms with E-state index in [1.165, 1.54) is 21.7 Å². The number of nitrogens with two attached hydrogens (primary N) is 1. The van der Waals surface area contributed by atoms with Crippen LogP contribution in [0.1, 0.15) is 36.2 Å². The number of aryl methyl sites for hydroxylation is 1. The van der Waals surface area contributed by atoms with Crippen molar-refractivity contribution in [2.75, 3.05) is 13.6 Å². The summed E-state index contributed by atoms with van der Waals surface area (Å²) in [5.41, 5.74) is -0.610. The van der Waals surface area contributed by atoms with Crippen LogP contribution >= 0.6 is 0 Å². The average molecular weight is 315 g/mol. The topological polar surface area (TPSA) is 106 Å². The van der Waals surface area contributed by atoms with E-state index in [2.05, 4.69) is 0 Å². The lowest BCUT2D eigenvalue weighted by molar-refractivity contribution is 0.0153. The van der Waals surface area contributed by atoms with Crippen molar-refractivity contribution < 1.29 is 18.3 Å². The largest absolute Gasteiger partial charge is 0.388 e. The highest BCUT2D eigenvalue weighted by atomic mass is 32.2. The van der Waals surface area contributed by atoms with E-state index in [1.807, 2.05) is 0 Å². The number of hydrogen-bond donors (Lipinski definition) is 2. The molecule has 0 bridgehead atoms. The highest BCUT2D eigenvalue weighted by Crippen LogP contribution is 2.30. The van der Waals surface area contributed by atoms with Crippen molar-refractivity contribution >= 4 is 15.9 Å². The van der Waals surface area contributed by atoms with Gasteiger partial charge in [0.1, 0.15) is 10.6 Å². The summed E-state index contributed by atoms with van der Waals surface area (Å²) in [5, 5.41) is 15.4. The number of carbonyl (C=O) groups excluding carboxylic acids is 1. The van der Waals surface area contributed by atoms with E-state index in [4.69, 9.17) is 5.14 Å². The monoisotopic (exact) mass is 315 g/mol. The fourth-order valence-corrected chi connectivity index (χ4v) is 3.38. The first-order valence-corrected chi connectivity index (χ1v) is 8.34. The smallest absolute Gasteiger partial charge is 0.270 e. The lowest BCUT2D eigenvalue weighted by Crippen LogP contribution is -2.42. The molecule has 0 atom stereocenters. The summed E-state index contributed by atoms with van der Waals surface area (Å²) in [6.07, 6.45) is 4.58. The van der Waals surface area contributed by atoms with E-state index in [0.717, 1.165) is 12.8 Å². The minimum atomic E-state index is -3.84. The molecular weight excluding hydrogens is 294 g/mol. The Hall–Kier alpha value is -1.38. The van der Waals surface area contributed by atoms with Gasteiger partial charge in [0.15, 0.2) is 0 Å². The summed E-state index contributed by atoms with van der Waals surface area (Å²) in [4.78, 5) is 13.7. The fraction of sp³-hybridized carbons (Fsp3) is 0.615. The number of primary sulfonamides is 1. The van der Waals surface area contributed by atoms with Crippen LogP contribution in [0, 0.1) is 0 Å². The van der Waals surface area contributed by atoms with Crippen LogP contribution in [-0.2, 0) is 17.1 Å². The number of sulfonamides is 1. The Bertz CT molecular complexity index is 644. The highest BCUT2D eigenvalue weighted by Gasteiger charge is 2.34. The zero-order valence-corrected chi connectivity index (χ0v) is 13.1. The molecule has 0 aliphatic heterocycles. The van der Waals surface area contributed by atoms with Crippen LogP contribution in [0.4, 0.5) is 0 Å². The zero-order chi connectivity index (χ0) is 15.8. The molecule has 0 aromatic carbocycles. The van der Waals surface area contributed by atoms with E-state index < -0.39 is 15.6 Å². The predicted octanol–water partition coefficient (Wildman–Crippen LogP) is 0.0496. The Morgan fingerprint density at radius 2 is 2.05 bits per heavy atom. The molecule has 118 valence electrons. The van der Waals surface area contributed by atoms with E-state index in [0.29, 0.717) is 12.8 Å². The fourth-order valence-electron chi connectivity index (χ4n) is 2.80. The van der Waals surface area contributed by atoms with Gasteiger partial charge in [-0.2, -0.15) is 0 Å². The maximum atomic E-state index is 12.4. The van der Waals surface area contributed by atoms with Crippen LogP contribution < -0.4 is 5.14 Å². The molecule has 1 aromatic heterocycles. The molecular formula is C13H21N3O4S. The number of amides is 1. The summed E-state index contributed by atoms with van der Waals surface area (Å²) in [6, 6.07) is 1.26. The normalized spacial score (nSPS) is 17.9. The van der Waals surface area contributed by atoms with Gasteiger partial charge in [-0.05, 0) is 18.9 Å². The molecule has 0 radical (unpaired) electrons. The second kappa shape index (κ2) is 5.43. The van der Waals surface area contributed by atoms with Gasteiger partial charge in [0.05, 0.1) is 5.60 Å². The van der Waals surface area contributed by atoms with Gasteiger partial charge in [0.25, 0.3) is 5.91 Å². The summed E-state index contributed by atoms with van der Waals surface area (Å²) in [7, 11) is -0.656. The SMILES string of the molecule is CN(CC1(O)CCCC1)C(=O)c1cc(S(N)(=O)=O)cn1C. The number of hydrogen-bond acceptors (Lipinski definition) is 4. The molecule has 1 aliphatic rings. The van der Waals surface area contributed by atoms with Crippen molar-refractivity contribution in [1.29, 1.82) is 0 Å². The molecule has 1 fully saturated rings. The maximum absolute atomic E-state index is 12.4. The number of aliphatic hydroxyl groups is 1. The van der Waals surface area contributed by atoms with Crippen LogP contribution in [0.5, 0.6) is 0 Å². The molecule has 0 spiro atoms. The zero-order valence-electron chi connectivity index (χ0n) is 12.2. The molecule has 0 unspecified atom stereocenters. The molecule has 1 aliphatic carbocycles. The van der Waals surface area contributed by atoms with Crippen molar-refractivity contribution in [2.24, 2.45) is 12.2 Å². The summed E-state index contributed by atoms with van der Waals surface area (Å²) in [5.74, 6) is -0.340. The van der Waals surface area contributed by atoms with Gasteiger partial charge < -0.3 is 14.6 Å². The van der Waals surface area contributed by atoms with Gasteiger partial charge in [-0.3, -0.25) is 4.79 Å². The third-order valence-corrected chi connectivity index (χ3v) is 4.82. The molecule has 3 N–H and O–H groups in total. The molecule has 1 heterocycles. The van der Waals surface area contributed by atoms with Crippen molar-refractivity contribution in [1.82, 2.24) is 9.47 Å². The van der Waals surface area contributed by atoms with E-state index in [1.54, 1.807) is 14.1 Å². The van der Waals surface area contributed by atoms with E-state index >= 15 is 0 Å². The van der Waals surface area contributed by atoms with Gasteiger partial charge in [0, 0.05) is 26.8 Å². The molecule has 8 heteroatoms. The van der Waals surface area contributed by atoms with Gasteiger partial charge in [-0.25, -0.2) is 13.6 Å². The predicted molar refractivity (Wildman–Crippen MR) is 77.2 cm³/mol. The first-order chi connectivity index (χ1) is 9.62. The van der Waals surface area contributed by atoms with Crippen molar-refractivity contribution in [2.45, 2.75) is 36.2 Å². The van der Waals surface area contributed by atoms with Crippen LogP contribution in [0.25, 0.3) is 0 Å². The maximum Gasteiger partial charge on any atom is 0.270 e. The molecule has 7 nitrogen and oxygen atoms in total. The quantitative estimate of drug-likeness (QED) is 0.819. The van der Waals surface area contributed by atoms with Gasteiger partial charge in [0.2, 0.25) is 10.0 Å². The molecule has 1 saturated carbocycles. The Balaban J connectivity index is 2.18. The highest BCUT2D eigenvalue weighted by molar-refractivity contribution is 7.89. The van der Waals surface area contributed by atoms with Crippen LogP contribution in [0.15, 0.2) is 17.2 Å². The van der Waals surface area contributed by atoms with E-state index in [-0.39, 0.29) is 23.0 Å². The third kappa shape index (κ3) is 3.45. The van der Waals surface area contributed by atoms with Gasteiger partial charge in [-0.15, -0.1) is 0 Å². The minimum absolute atomic E-state index is 0.0960. The van der Waals surface area contributed by atoms with Crippen molar-refractivity contribution in [3.05, 3.63) is 18.0 Å². The summed E-state index contributed by atoms with van der Waals surface area (Å²) in [6.45, 7) is 0.238. The summed E-state index contributed by atoms with van der Waals surface area (Å²) < 4.78 is 24.1. The molecule has 1 aromatic rings. The number of aromatic nitrogens is 1. The lowest BCUT2D eigenvalue weighted by Gasteiger charge is -2.28. The third-order valence-electron chi connectivity index (χ3n) is 3.94. The Kier molecular flexibility index (Phi) is 4.14. The molecule has 21 heavy (non-hydrogen) atoms. The summed E-state index contributed by atoms with van der Waals surface area (Å²) >= 11 is 0. The molecule has 1 amide bonds. The Labute approximate surface area is 124 Å². The van der Waals surface area contributed by atoms with Gasteiger partial charge >= 0.3 is 0 Å². The first-order valence-electron chi connectivity index (χ1n) is 6.79. The van der Waals surface area contributed by atoms with E-state index in [9.17, 15) is 18.3 Å². The second-order valence-corrected chi connectivity index (χ2v) is 7.37. The Morgan fingerprint density at radius 3 is 2.52 bits per heavy atom. The first kappa shape index (κ1) is 16.0. The number of rotatable bonds is 4. The second-order valence-electron chi connectivity index (χ2n) is 5.81. The van der Waals surface area contributed by atoms with Crippen molar-refractivity contribution in [3.63, 3.8) is 0 Å². The van der Waals surface area contributed by atoms with Crippen molar-refractivity contribution in [3.8, 4) is 0 Å².